The Morgan fingerprint density at radius 1 is 0.604 bits per heavy atom. The van der Waals surface area contributed by atoms with Crippen LogP contribution in [0.15, 0.2) is 145 Å². The van der Waals surface area contributed by atoms with E-state index in [0.717, 1.165) is 33.3 Å². The maximum Gasteiger partial charge on any atom is 0.147 e. The van der Waals surface area contributed by atoms with E-state index in [9.17, 15) is 0 Å². The van der Waals surface area contributed by atoms with Gasteiger partial charge < -0.3 is 9.13 Å². The number of fused-ring (bicyclic) bond motifs is 9. The fourth-order valence-corrected chi connectivity index (χ4v) is 10.3. The molecule has 0 aliphatic heterocycles. The van der Waals surface area contributed by atoms with Crippen molar-refractivity contribution in [1.82, 2.24) is 23.7 Å². The Bertz CT molecular complexity index is 2930. The summed E-state index contributed by atoms with van der Waals surface area (Å²) in [5.41, 5.74) is 10.6. The number of hydrogen-bond acceptors (Lipinski definition) is 2. The molecular weight excluding hydrogens is 605 g/mol. The fourth-order valence-electron chi connectivity index (χ4n) is 8.10. The second-order valence-corrected chi connectivity index (χ2v) is 14.7. The number of pyridine rings is 2. The normalized spacial score (nSPS) is 14.5. The molecule has 0 radical (unpaired) electrons. The van der Waals surface area contributed by atoms with Gasteiger partial charge >= 0.3 is 0 Å². The van der Waals surface area contributed by atoms with Crippen molar-refractivity contribution in [2.45, 2.75) is 6.04 Å². The number of nitrogens with zero attached hydrogens (tertiary/aromatic N) is 5. The number of rotatable bonds is 3. The summed E-state index contributed by atoms with van der Waals surface area (Å²) < 4.78 is 7.01. The highest BCUT2D eigenvalue weighted by Gasteiger charge is 2.33. The Hall–Kier alpha value is -5.90. The second-order valence-electron chi connectivity index (χ2n) is 12.8. The van der Waals surface area contributed by atoms with Crippen molar-refractivity contribution >= 4 is 61.9 Å². The number of aryl methyl sites for hydroxylation is 1. The first kappa shape index (κ1) is 26.2. The molecule has 0 saturated heterocycles. The molecule has 0 saturated carbocycles. The molecule has 5 nitrogen and oxygen atoms in total. The first-order valence-electron chi connectivity index (χ1n) is 16.4. The van der Waals surface area contributed by atoms with Crippen molar-refractivity contribution in [3.63, 3.8) is 0 Å². The minimum Gasteiger partial charge on any atom is -0.341 e. The lowest BCUT2D eigenvalue weighted by Crippen LogP contribution is -2.10. The molecule has 11 rings (SSSR count). The zero-order chi connectivity index (χ0) is 31.5. The Labute approximate surface area is 277 Å². The summed E-state index contributed by atoms with van der Waals surface area (Å²) in [7, 11) is 1.42. The maximum atomic E-state index is 5.63. The molecule has 6 aromatic heterocycles. The van der Waals surface area contributed by atoms with Gasteiger partial charge in [-0.2, -0.15) is 0 Å². The zero-order valence-corrected chi connectivity index (χ0v) is 27.0. The summed E-state index contributed by atoms with van der Waals surface area (Å²) in [5, 5.41) is 7.17. The molecule has 1 aliphatic carbocycles. The first-order chi connectivity index (χ1) is 23.7. The SMILES string of the molecule is Cn1c(-p2ccc3ccc(-n4c5ccccc5c5cc6c(nc54)C(n4ccc5ccccc54)c4ccccc4-6)nc32)cc2ccccc21. The highest BCUT2D eigenvalue weighted by atomic mass is 31.1. The largest absolute Gasteiger partial charge is 0.341 e. The summed E-state index contributed by atoms with van der Waals surface area (Å²) in [4.78, 5) is 11.1. The molecule has 6 heteroatoms. The van der Waals surface area contributed by atoms with Gasteiger partial charge in [0.25, 0.3) is 0 Å². The van der Waals surface area contributed by atoms with E-state index in [0.29, 0.717) is 0 Å². The summed E-state index contributed by atoms with van der Waals surface area (Å²) in [5.74, 6) is 3.26. The van der Waals surface area contributed by atoms with Crippen LogP contribution in [0.5, 0.6) is 0 Å². The van der Waals surface area contributed by atoms with Gasteiger partial charge in [-0.3, -0.25) is 4.57 Å². The van der Waals surface area contributed by atoms with Crippen LogP contribution < -0.4 is 0 Å². The molecule has 226 valence electrons. The lowest BCUT2D eigenvalue weighted by molar-refractivity contribution is 0.702. The van der Waals surface area contributed by atoms with Crippen LogP contribution in [0.1, 0.15) is 17.3 Å². The van der Waals surface area contributed by atoms with Crippen molar-refractivity contribution in [3.05, 3.63) is 157 Å². The number of aromatic nitrogens is 5. The monoisotopic (exact) mass is 633 g/mol. The molecule has 0 fully saturated rings. The van der Waals surface area contributed by atoms with Crippen molar-refractivity contribution < 1.29 is 0 Å². The van der Waals surface area contributed by atoms with E-state index in [1.165, 1.54) is 54.7 Å². The molecular formula is C42H28N5P. The van der Waals surface area contributed by atoms with Gasteiger partial charge in [0.05, 0.1) is 21.9 Å². The average Bonchev–Trinajstić information content (AvgIpc) is 3.94. The lowest BCUT2D eigenvalue weighted by Gasteiger charge is -2.17. The third kappa shape index (κ3) is 3.46. The van der Waals surface area contributed by atoms with Crippen molar-refractivity contribution in [1.29, 1.82) is 0 Å². The van der Waals surface area contributed by atoms with Crippen LogP contribution >= 0.6 is 7.53 Å². The van der Waals surface area contributed by atoms with E-state index >= 15 is 0 Å². The van der Waals surface area contributed by atoms with Crippen LogP contribution in [0.25, 0.3) is 76.8 Å². The number of para-hydroxylation sites is 3. The molecule has 2 unspecified atom stereocenters. The molecule has 6 heterocycles. The molecule has 0 bridgehead atoms. The molecule has 10 aromatic rings. The molecule has 0 N–H and O–H groups in total. The highest BCUT2D eigenvalue weighted by molar-refractivity contribution is 7.61. The Morgan fingerprint density at radius 2 is 1.38 bits per heavy atom. The summed E-state index contributed by atoms with van der Waals surface area (Å²) in [6.45, 7) is 0. The van der Waals surface area contributed by atoms with Crippen LogP contribution in [0.2, 0.25) is 0 Å². The van der Waals surface area contributed by atoms with E-state index in [4.69, 9.17) is 9.97 Å². The van der Waals surface area contributed by atoms with Crippen LogP contribution in [0.4, 0.5) is 0 Å². The minimum atomic E-state index is -0.753. The molecule has 1 aliphatic rings. The van der Waals surface area contributed by atoms with Gasteiger partial charge in [0.2, 0.25) is 0 Å². The van der Waals surface area contributed by atoms with Crippen LogP contribution in [0, 0.1) is 0 Å². The highest BCUT2D eigenvalue weighted by Crippen LogP contribution is 2.50. The topological polar surface area (TPSA) is 40.6 Å². The third-order valence-electron chi connectivity index (χ3n) is 10.3. The van der Waals surface area contributed by atoms with E-state index < -0.39 is 7.53 Å². The third-order valence-corrected chi connectivity index (χ3v) is 12.5. The minimum absolute atomic E-state index is 0.0246. The van der Waals surface area contributed by atoms with E-state index in [-0.39, 0.29) is 6.04 Å². The number of hydrogen-bond donors (Lipinski definition) is 0. The van der Waals surface area contributed by atoms with E-state index in [1.54, 1.807) is 0 Å². The maximum absolute atomic E-state index is 5.63. The van der Waals surface area contributed by atoms with Gasteiger partial charge in [0.1, 0.15) is 17.5 Å². The Kier molecular flexibility index (Phi) is 5.22. The van der Waals surface area contributed by atoms with Crippen molar-refractivity contribution in [2.75, 3.05) is 0 Å². The number of benzene rings is 4. The van der Waals surface area contributed by atoms with Crippen LogP contribution in [-0.4, -0.2) is 23.7 Å². The Balaban J connectivity index is 1.18. The summed E-state index contributed by atoms with van der Waals surface area (Å²) >= 11 is 0. The van der Waals surface area contributed by atoms with Gasteiger partial charge in [-0.15, -0.1) is 0 Å². The van der Waals surface area contributed by atoms with Gasteiger partial charge in [0, 0.05) is 51.4 Å². The standard InChI is InChI=1S/C42H28N5P/c1-45-34-15-7-3-11-28(34)24-38(45)48-23-21-27-18-19-37(43-42(27)48)47-36-17-9-6-13-30(36)33-25-32-29-12-4-5-14-31(29)40(39(32)44-41(33)47)46-22-20-26-10-2-8-16-35(26)46/h2-25,40H,1H3. The van der Waals surface area contributed by atoms with Gasteiger partial charge in [-0.05, 0) is 84.4 Å². The quantitative estimate of drug-likeness (QED) is 0.194. The Morgan fingerprint density at radius 3 is 2.27 bits per heavy atom. The smallest absolute Gasteiger partial charge is 0.147 e. The molecule has 0 amide bonds. The molecule has 0 spiro atoms. The van der Waals surface area contributed by atoms with Gasteiger partial charge in [0.15, 0.2) is 0 Å². The predicted octanol–water partition coefficient (Wildman–Crippen LogP) is 10.8. The van der Waals surface area contributed by atoms with E-state index in [1.807, 2.05) is 0 Å². The summed E-state index contributed by atoms with van der Waals surface area (Å²) in [6.07, 6.45) is 2.22. The molecule has 4 aromatic carbocycles. The first-order valence-corrected chi connectivity index (χ1v) is 17.8. The van der Waals surface area contributed by atoms with Crippen LogP contribution in [-0.2, 0) is 7.05 Å². The van der Waals surface area contributed by atoms with Gasteiger partial charge in [-0.25, -0.2) is 9.97 Å². The summed E-state index contributed by atoms with van der Waals surface area (Å²) in [6, 6.07) is 48.2. The predicted molar refractivity (Wildman–Crippen MR) is 199 cm³/mol. The van der Waals surface area contributed by atoms with Crippen LogP contribution in [0.3, 0.4) is 0 Å². The van der Waals surface area contributed by atoms with E-state index in [2.05, 4.69) is 166 Å². The molecule has 48 heavy (non-hydrogen) atoms. The molecule has 2 atom stereocenters. The van der Waals surface area contributed by atoms with Gasteiger partial charge in [-0.1, -0.05) is 78.9 Å². The second kappa shape index (κ2) is 9.57. The zero-order valence-electron chi connectivity index (χ0n) is 26.1. The lowest BCUT2D eigenvalue weighted by atomic mass is 10.1. The average molecular weight is 634 g/mol. The van der Waals surface area contributed by atoms with Crippen molar-refractivity contribution in [2.24, 2.45) is 7.05 Å². The van der Waals surface area contributed by atoms with Crippen molar-refractivity contribution in [3.8, 4) is 22.4 Å². The fraction of sp³-hybridized carbons (Fsp3) is 0.0476.